The molecule has 2 N–H and O–H groups in total. The van der Waals surface area contributed by atoms with Gasteiger partial charge in [-0.05, 0) is 42.8 Å². The van der Waals surface area contributed by atoms with Crippen LogP contribution in [0.3, 0.4) is 0 Å². The third-order valence-corrected chi connectivity index (χ3v) is 4.24. The summed E-state index contributed by atoms with van der Waals surface area (Å²) in [6.45, 7) is 0.646. The van der Waals surface area contributed by atoms with Gasteiger partial charge in [-0.2, -0.15) is 10.4 Å². The largest absolute Gasteiger partial charge is 0.355 e. The summed E-state index contributed by atoms with van der Waals surface area (Å²) in [4.78, 5) is 29.1. The summed E-state index contributed by atoms with van der Waals surface area (Å²) in [5.41, 5.74) is 0.670. The van der Waals surface area contributed by atoms with Gasteiger partial charge in [0, 0.05) is 13.2 Å². The summed E-state index contributed by atoms with van der Waals surface area (Å²) < 4.78 is 28.3. The Morgan fingerprint density at radius 3 is 2.67 bits per heavy atom. The number of carbonyl (C=O) groups excluding carboxylic acids is 2. The van der Waals surface area contributed by atoms with Crippen molar-refractivity contribution in [1.29, 1.82) is 5.26 Å². The average molecular weight is 410 g/mol. The van der Waals surface area contributed by atoms with E-state index in [9.17, 15) is 18.4 Å². The highest BCUT2D eigenvalue weighted by Gasteiger charge is 2.23. The molecule has 0 aliphatic heterocycles. The van der Waals surface area contributed by atoms with Crippen molar-refractivity contribution in [2.24, 2.45) is 0 Å². The van der Waals surface area contributed by atoms with Crippen molar-refractivity contribution >= 4 is 17.5 Å². The van der Waals surface area contributed by atoms with E-state index in [1.807, 2.05) is 6.07 Å². The fraction of sp³-hybridized carbons (Fsp3) is 0.150. The molecule has 152 valence electrons. The maximum Gasteiger partial charge on any atom is 0.274 e. The summed E-state index contributed by atoms with van der Waals surface area (Å²) >= 11 is 0. The highest BCUT2D eigenvalue weighted by molar-refractivity contribution is 6.09. The SMILES string of the molecule is CNC(=O)c1cc(C#N)cc(C)c1NC(=O)c1cc(CF)nn1-c1ncccc1F. The number of nitriles is 1. The lowest BCUT2D eigenvalue weighted by molar-refractivity contribution is 0.0964. The van der Waals surface area contributed by atoms with Crippen molar-refractivity contribution in [1.82, 2.24) is 20.1 Å². The summed E-state index contributed by atoms with van der Waals surface area (Å²) in [6.07, 6.45) is 1.31. The van der Waals surface area contributed by atoms with Crippen LogP contribution in [0.1, 0.15) is 37.7 Å². The van der Waals surface area contributed by atoms with Crippen LogP contribution in [-0.2, 0) is 6.67 Å². The molecule has 0 unspecified atom stereocenters. The normalized spacial score (nSPS) is 10.4. The van der Waals surface area contributed by atoms with Crippen LogP contribution in [0.15, 0.2) is 36.5 Å². The highest BCUT2D eigenvalue weighted by atomic mass is 19.1. The molecular formula is C20H16F2N6O2. The number of rotatable bonds is 5. The van der Waals surface area contributed by atoms with E-state index >= 15 is 0 Å². The molecule has 3 aromatic rings. The first kappa shape index (κ1) is 20.6. The summed E-state index contributed by atoms with van der Waals surface area (Å²) in [5, 5.41) is 18.1. The Kier molecular flexibility index (Phi) is 5.83. The molecule has 0 saturated heterocycles. The lowest BCUT2D eigenvalue weighted by atomic mass is 10.0. The number of benzene rings is 1. The first-order valence-corrected chi connectivity index (χ1v) is 8.73. The molecule has 0 saturated carbocycles. The van der Waals surface area contributed by atoms with Gasteiger partial charge in [0.25, 0.3) is 11.8 Å². The minimum absolute atomic E-state index is 0.0724. The Morgan fingerprint density at radius 1 is 1.27 bits per heavy atom. The Labute approximate surface area is 170 Å². The first-order chi connectivity index (χ1) is 14.4. The Balaban J connectivity index is 2.08. The zero-order valence-electron chi connectivity index (χ0n) is 16.0. The standard InChI is InChI=1S/C20H16F2N6O2/c1-11-6-12(10-23)7-14(19(29)24-2)17(11)26-20(30)16-8-13(9-21)27-28(16)18-15(22)4-3-5-25-18/h3-8H,9H2,1-2H3,(H,24,29)(H,26,30). The molecule has 3 rings (SSSR count). The number of nitrogens with zero attached hydrogens (tertiary/aromatic N) is 4. The van der Waals surface area contributed by atoms with Crippen molar-refractivity contribution in [3.8, 4) is 11.9 Å². The quantitative estimate of drug-likeness (QED) is 0.672. The molecule has 10 heteroatoms. The molecule has 0 spiro atoms. The molecule has 0 bridgehead atoms. The van der Waals surface area contributed by atoms with Crippen LogP contribution in [0.4, 0.5) is 14.5 Å². The van der Waals surface area contributed by atoms with Crippen LogP contribution in [0.2, 0.25) is 0 Å². The lowest BCUT2D eigenvalue weighted by Crippen LogP contribution is -2.24. The Bertz CT molecular complexity index is 1180. The van der Waals surface area contributed by atoms with E-state index in [0.717, 1.165) is 10.7 Å². The Morgan fingerprint density at radius 2 is 2.03 bits per heavy atom. The van der Waals surface area contributed by atoms with Crippen molar-refractivity contribution in [2.45, 2.75) is 13.6 Å². The molecule has 2 aromatic heterocycles. The molecule has 2 heterocycles. The predicted octanol–water partition coefficient (Wildman–Crippen LogP) is 2.67. The monoisotopic (exact) mass is 410 g/mol. The van der Waals surface area contributed by atoms with E-state index < -0.39 is 24.3 Å². The van der Waals surface area contributed by atoms with E-state index in [0.29, 0.717) is 5.56 Å². The smallest absolute Gasteiger partial charge is 0.274 e. The zero-order chi connectivity index (χ0) is 21.8. The zero-order valence-corrected chi connectivity index (χ0v) is 16.0. The molecule has 0 atom stereocenters. The number of carbonyl (C=O) groups is 2. The average Bonchev–Trinajstić information content (AvgIpc) is 3.19. The van der Waals surface area contributed by atoms with Crippen molar-refractivity contribution < 1.29 is 18.4 Å². The molecule has 0 aliphatic carbocycles. The van der Waals surface area contributed by atoms with Crippen LogP contribution in [0.5, 0.6) is 0 Å². The predicted molar refractivity (Wildman–Crippen MR) is 103 cm³/mol. The maximum atomic E-state index is 14.2. The number of aromatic nitrogens is 3. The molecular weight excluding hydrogens is 394 g/mol. The summed E-state index contributed by atoms with van der Waals surface area (Å²) in [6, 6.07) is 8.46. The second kappa shape index (κ2) is 8.48. The summed E-state index contributed by atoms with van der Waals surface area (Å²) in [7, 11) is 1.41. The van der Waals surface area contributed by atoms with Gasteiger partial charge in [-0.3, -0.25) is 9.59 Å². The van der Waals surface area contributed by atoms with Crippen LogP contribution in [-0.4, -0.2) is 33.6 Å². The lowest BCUT2D eigenvalue weighted by Gasteiger charge is -2.14. The number of aryl methyl sites for hydroxylation is 1. The summed E-state index contributed by atoms with van der Waals surface area (Å²) in [5.74, 6) is -2.30. The van der Waals surface area contributed by atoms with Gasteiger partial charge in [-0.25, -0.2) is 18.4 Å². The van der Waals surface area contributed by atoms with Crippen molar-refractivity contribution in [3.05, 3.63) is 70.4 Å². The van der Waals surface area contributed by atoms with Crippen LogP contribution in [0.25, 0.3) is 5.82 Å². The van der Waals surface area contributed by atoms with Crippen molar-refractivity contribution in [2.75, 3.05) is 12.4 Å². The number of alkyl halides is 1. The molecule has 0 fully saturated rings. The number of halogens is 2. The van der Waals surface area contributed by atoms with Gasteiger partial charge in [0.1, 0.15) is 12.4 Å². The number of amides is 2. The van der Waals surface area contributed by atoms with Crippen molar-refractivity contribution in [3.63, 3.8) is 0 Å². The van der Waals surface area contributed by atoms with Gasteiger partial charge in [0.2, 0.25) is 0 Å². The number of hydrogen-bond donors (Lipinski definition) is 2. The molecule has 8 nitrogen and oxygen atoms in total. The van der Waals surface area contributed by atoms with Gasteiger partial charge in [-0.15, -0.1) is 0 Å². The van der Waals surface area contributed by atoms with Gasteiger partial charge >= 0.3 is 0 Å². The van der Waals surface area contributed by atoms with E-state index in [-0.39, 0.29) is 34.0 Å². The molecule has 30 heavy (non-hydrogen) atoms. The molecule has 0 aliphatic rings. The first-order valence-electron chi connectivity index (χ1n) is 8.73. The number of hydrogen-bond acceptors (Lipinski definition) is 5. The third kappa shape index (κ3) is 3.86. The van der Waals surface area contributed by atoms with E-state index in [2.05, 4.69) is 20.7 Å². The number of nitrogens with one attached hydrogen (secondary N) is 2. The number of anilines is 1. The molecule has 2 amide bonds. The second-order valence-corrected chi connectivity index (χ2v) is 6.24. The van der Waals surface area contributed by atoms with E-state index in [1.165, 1.54) is 37.5 Å². The van der Waals surface area contributed by atoms with Gasteiger partial charge < -0.3 is 10.6 Å². The van der Waals surface area contributed by atoms with E-state index in [1.54, 1.807) is 6.92 Å². The van der Waals surface area contributed by atoms with Crippen LogP contribution < -0.4 is 10.6 Å². The van der Waals surface area contributed by atoms with Gasteiger partial charge in [0.05, 0.1) is 28.6 Å². The van der Waals surface area contributed by atoms with Gasteiger partial charge in [0.15, 0.2) is 11.6 Å². The Hall–Kier alpha value is -4.13. The highest BCUT2D eigenvalue weighted by Crippen LogP contribution is 2.24. The fourth-order valence-corrected chi connectivity index (χ4v) is 2.86. The maximum absolute atomic E-state index is 14.2. The van der Waals surface area contributed by atoms with Crippen LogP contribution in [0, 0.1) is 24.1 Å². The number of pyridine rings is 1. The topological polar surface area (TPSA) is 113 Å². The molecule has 0 radical (unpaired) electrons. The second-order valence-electron chi connectivity index (χ2n) is 6.24. The minimum atomic E-state index is -0.971. The van der Waals surface area contributed by atoms with E-state index in [4.69, 9.17) is 5.26 Å². The molecule has 1 aromatic carbocycles. The van der Waals surface area contributed by atoms with Gasteiger partial charge in [-0.1, -0.05) is 0 Å². The fourth-order valence-electron chi connectivity index (χ4n) is 2.86. The minimum Gasteiger partial charge on any atom is -0.355 e. The third-order valence-electron chi connectivity index (χ3n) is 4.24. The van der Waals surface area contributed by atoms with Crippen LogP contribution >= 0.6 is 0 Å².